The monoisotopic (exact) mass is 568 g/mol. The van der Waals surface area contributed by atoms with Crippen molar-refractivity contribution in [3.63, 3.8) is 0 Å². The minimum absolute atomic E-state index is 0.0160. The van der Waals surface area contributed by atoms with Crippen molar-refractivity contribution in [1.82, 2.24) is 40.1 Å². The molecule has 15 heteroatoms. The van der Waals surface area contributed by atoms with Crippen LogP contribution in [0.15, 0.2) is 33.3 Å². The third kappa shape index (κ3) is 5.40. The summed E-state index contributed by atoms with van der Waals surface area (Å²) in [4.78, 5) is 31.9. The number of nitrogens with one attached hydrogen (secondary N) is 2. The van der Waals surface area contributed by atoms with Gasteiger partial charge in [-0.15, -0.1) is 0 Å². The van der Waals surface area contributed by atoms with Crippen molar-refractivity contribution in [3.8, 4) is 0 Å². The molecule has 36 heavy (non-hydrogen) atoms. The largest absolute Gasteiger partial charge is 0.449 e. The maximum absolute atomic E-state index is 13.5. The molecule has 0 atom stereocenters. The summed E-state index contributed by atoms with van der Waals surface area (Å²) >= 11 is 3.40. The van der Waals surface area contributed by atoms with Crippen molar-refractivity contribution in [2.75, 3.05) is 13.1 Å². The summed E-state index contributed by atoms with van der Waals surface area (Å²) in [7, 11) is 0. The van der Waals surface area contributed by atoms with E-state index >= 15 is 0 Å². The molecule has 2 amide bonds. The van der Waals surface area contributed by atoms with Gasteiger partial charge in [0, 0.05) is 13.1 Å². The Bertz CT molecular complexity index is 1430. The van der Waals surface area contributed by atoms with Gasteiger partial charge in [0.15, 0.2) is 5.82 Å². The molecule has 0 radical (unpaired) electrons. The lowest BCUT2D eigenvalue weighted by molar-refractivity contribution is -0.146. The van der Waals surface area contributed by atoms with Gasteiger partial charge < -0.3 is 19.7 Å². The molecule has 3 aromatic heterocycles. The number of halogens is 4. The number of hydrogen-bond acceptors (Lipinski definition) is 7. The summed E-state index contributed by atoms with van der Waals surface area (Å²) in [6, 6.07) is 6.13. The van der Waals surface area contributed by atoms with Crippen LogP contribution in [0.4, 0.5) is 13.2 Å². The second kappa shape index (κ2) is 10.1. The topological polar surface area (TPSA) is 133 Å². The number of nitrogens with zero attached hydrogens (tertiary/aromatic N) is 6. The summed E-state index contributed by atoms with van der Waals surface area (Å²) in [5.74, 6) is -2.67. The van der Waals surface area contributed by atoms with Crippen molar-refractivity contribution in [2.24, 2.45) is 0 Å². The molecule has 0 fully saturated rings. The van der Waals surface area contributed by atoms with Crippen molar-refractivity contribution < 1.29 is 27.3 Å². The lowest BCUT2D eigenvalue weighted by Crippen LogP contribution is -2.36. The minimum atomic E-state index is -4.70. The number of fused-ring (bicyclic) bond motifs is 1. The molecular formula is C21H20BrF3N8O3. The first-order valence-electron chi connectivity index (χ1n) is 10.6. The van der Waals surface area contributed by atoms with Gasteiger partial charge in [-0.05, 0) is 41.9 Å². The van der Waals surface area contributed by atoms with Crippen molar-refractivity contribution in [1.29, 1.82) is 0 Å². The van der Waals surface area contributed by atoms with Crippen LogP contribution >= 0.6 is 15.9 Å². The quantitative estimate of drug-likeness (QED) is 0.312. The number of alkyl halides is 3. The standard InChI is InChI=1S/C21H20BrF3N8O3/c1-11-17(22)12(2)33(30-11)10-16(34)26-7-8-27-18(35)19-29-15(31-36-19)9-32-14-6-4-3-5-13(14)28-20(32)21(23,24)25/h3-6H,7-10H2,1-2H3,(H,26,34)(H,27,35). The first-order chi connectivity index (χ1) is 17.0. The Morgan fingerprint density at radius 3 is 2.53 bits per heavy atom. The van der Waals surface area contributed by atoms with Gasteiger partial charge in [-0.3, -0.25) is 14.3 Å². The van der Waals surface area contributed by atoms with Crippen LogP contribution in [-0.4, -0.2) is 54.4 Å². The molecule has 4 rings (SSSR count). The highest BCUT2D eigenvalue weighted by molar-refractivity contribution is 9.10. The number of para-hydroxylation sites is 2. The smallest absolute Gasteiger partial charge is 0.353 e. The Labute approximate surface area is 210 Å². The summed E-state index contributed by atoms with van der Waals surface area (Å²) < 4.78 is 48.6. The van der Waals surface area contributed by atoms with E-state index in [2.05, 4.69) is 46.8 Å². The molecule has 11 nitrogen and oxygen atoms in total. The van der Waals surface area contributed by atoms with Crippen LogP contribution in [0.2, 0.25) is 0 Å². The van der Waals surface area contributed by atoms with Crippen LogP contribution in [0.25, 0.3) is 11.0 Å². The SMILES string of the molecule is Cc1nn(CC(=O)NCCNC(=O)c2nc(Cn3c(C(F)(F)F)nc4ccccc43)no2)c(C)c1Br. The molecule has 0 aliphatic rings. The molecule has 3 heterocycles. The van der Waals surface area contributed by atoms with Crippen LogP contribution in [0, 0.1) is 13.8 Å². The van der Waals surface area contributed by atoms with Gasteiger partial charge >= 0.3 is 18.0 Å². The molecule has 0 bridgehead atoms. The zero-order valence-electron chi connectivity index (χ0n) is 19.1. The fraction of sp³-hybridized carbons (Fsp3) is 0.333. The number of carbonyl (C=O) groups excluding carboxylic acids is 2. The van der Waals surface area contributed by atoms with Crippen LogP contribution in [0.5, 0.6) is 0 Å². The van der Waals surface area contributed by atoms with E-state index in [1.807, 2.05) is 13.8 Å². The number of carbonyl (C=O) groups is 2. The Kier molecular flexibility index (Phi) is 7.10. The van der Waals surface area contributed by atoms with Crippen molar-refractivity contribution >= 4 is 38.8 Å². The van der Waals surface area contributed by atoms with Gasteiger partial charge in [0.25, 0.3) is 0 Å². The number of aromatic nitrogens is 6. The molecule has 0 saturated carbocycles. The molecule has 0 aliphatic carbocycles. The Balaban J connectivity index is 1.32. The maximum atomic E-state index is 13.5. The van der Waals surface area contributed by atoms with E-state index in [9.17, 15) is 22.8 Å². The molecule has 2 N–H and O–H groups in total. The first kappa shape index (κ1) is 25.3. The van der Waals surface area contributed by atoms with Gasteiger partial charge in [-0.2, -0.15) is 23.3 Å². The van der Waals surface area contributed by atoms with Gasteiger partial charge in [-0.1, -0.05) is 17.3 Å². The second-order valence-electron chi connectivity index (χ2n) is 7.77. The maximum Gasteiger partial charge on any atom is 0.449 e. The molecular weight excluding hydrogens is 549 g/mol. The van der Waals surface area contributed by atoms with E-state index in [0.717, 1.165) is 20.4 Å². The molecule has 4 aromatic rings. The van der Waals surface area contributed by atoms with Crippen LogP contribution in [-0.2, 0) is 24.1 Å². The Morgan fingerprint density at radius 2 is 1.83 bits per heavy atom. The third-order valence-corrected chi connectivity index (χ3v) is 6.34. The molecule has 190 valence electrons. The average molecular weight is 569 g/mol. The van der Waals surface area contributed by atoms with Crippen LogP contribution in [0.1, 0.15) is 33.7 Å². The summed E-state index contributed by atoms with van der Waals surface area (Å²) in [5.41, 5.74) is 1.99. The fourth-order valence-corrected chi connectivity index (χ4v) is 3.76. The number of imidazole rings is 1. The first-order valence-corrected chi connectivity index (χ1v) is 11.4. The molecule has 0 aliphatic heterocycles. The molecule has 1 aromatic carbocycles. The number of aryl methyl sites for hydroxylation is 1. The lowest BCUT2D eigenvalue weighted by Gasteiger charge is -2.09. The highest BCUT2D eigenvalue weighted by Gasteiger charge is 2.38. The lowest BCUT2D eigenvalue weighted by atomic mass is 10.3. The Hall–Kier alpha value is -3.75. The number of rotatable bonds is 8. The zero-order chi connectivity index (χ0) is 26.0. The normalized spacial score (nSPS) is 11.7. The average Bonchev–Trinajstić information content (AvgIpc) is 3.51. The minimum Gasteiger partial charge on any atom is -0.353 e. The summed E-state index contributed by atoms with van der Waals surface area (Å²) in [6.45, 7) is 3.45. The predicted octanol–water partition coefficient (Wildman–Crippen LogP) is 2.61. The van der Waals surface area contributed by atoms with Crippen molar-refractivity contribution in [2.45, 2.75) is 33.1 Å². The fourth-order valence-electron chi connectivity index (χ4n) is 3.48. The third-order valence-electron chi connectivity index (χ3n) is 5.19. The number of benzene rings is 1. The molecule has 0 unspecified atom stereocenters. The Morgan fingerprint density at radius 1 is 1.11 bits per heavy atom. The molecule has 0 spiro atoms. The van der Waals surface area contributed by atoms with Gasteiger partial charge in [0.1, 0.15) is 6.54 Å². The highest BCUT2D eigenvalue weighted by Crippen LogP contribution is 2.31. The highest BCUT2D eigenvalue weighted by atomic mass is 79.9. The van der Waals surface area contributed by atoms with E-state index < -0.39 is 30.3 Å². The van der Waals surface area contributed by atoms with Gasteiger partial charge in [0.05, 0.1) is 33.4 Å². The van der Waals surface area contributed by atoms with Crippen LogP contribution < -0.4 is 10.6 Å². The van der Waals surface area contributed by atoms with Gasteiger partial charge in [0.2, 0.25) is 11.7 Å². The van der Waals surface area contributed by atoms with Crippen LogP contribution in [0.3, 0.4) is 0 Å². The van der Waals surface area contributed by atoms with Gasteiger partial charge in [-0.25, -0.2) is 4.98 Å². The predicted molar refractivity (Wildman–Crippen MR) is 123 cm³/mol. The molecule has 0 saturated heterocycles. The van der Waals surface area contributed by atoms with E-state index in [-0.39, 0.29) is 42.4 Å². The number of hydrogen-bond donors (Lipinski definition) is 2. The second-order valence-corrected chi connectivity index (χ2v) is 8.57. The summed E-state index contributed by atoms with van der Waals surface area (Å²) in [5, 5.41) is 13.0. The van der Waals surface area contributed by atoms with E-state index in [1.165, 1.54) is 12.1 Å². The zero-order valence-corrected chi connectivity index (χ0v) is 20.6. The van der Waals surface area contributed by atoms with E-state index in [1.54, 1.807) is 16.8 Å². The van der Waals surface area contributed by atoms with E-state index in [0.29, 0.717) is 0 Å². The van der Waals surface area contributed by atoms with Crippen molar-refractivity contribution in [3.05, 3.63) is 57.7 Å². The number of amides is 2. The summed E-state index contributed by atoms with van der Waals surface area (Å²) in [6.07, 6.45) is -4.70. The van der Waals surface area contributed by atoms with E-state index in [4.69, 9.17) is 4.52 Å².